The first kappa shape index (κ1) is 18.9. The zero-order valence-electron chi connectivity index (χ0n) is 16.0. The smallest absolute Gasteiger partial charge is 0.405 e. The minimum absolute atomic E-state index is 0.378. The van der Waals surface area contributed by atoms with Gasteiger partial charge in [-0.1, -0.05) is 26.0 Å². The number of hydrogen-bond acceptors (Lipinski definition) is 4. The second-order valence-electron chi connectivity index (χ2n) is 7.21. The minimum atomic E-state index is -1.06. The van der Waals surface area contributed by atoms with Crippen LogP contribution in [0.25, 0.3) is 11.1 Å². The van der Waals surface area contributed by atoms with E-state index in [0.29, 0.717) is 24.7 Å². The van der Waals surface area contributed by atoms with Crippen molar-refractivity contribution >= 4 is 6.09 Å². The maximum atomic E-state index is 11.3. The summed E-state index contributed by atoms with van der Waals surface area (Å²) in [6.45, 7) is 6.93. The van der Waals surface area contributed by atoms with Crippen LogP contribution in [0.5, 0.6) is 17.2 Å². The van der Waals surface area contributed by atoms with Gasteiger partial charge in [0.05, 0.1) is 26.4 Å². The molecular formula is C21H25NO5. The first-order valence-corrected chi connectivity index (χ1v) is 8.93. The van der Waals surface area contributed by atoms with Gasteiger partial charge in [-0.25, -0.2) is 4.79 Å². The molecule has 2 N–H and O–H groups in total. The topological polar surface area (TPSA) is 77.0 Å². The van der Waals surface area contributed by atoms with Crippen molar-refractivity contribution < 1.29 is 24.1 Å². The van der Waals surface area contributed by atoms with E-state index in [1.54, 1.807) is 7.11 Å². The Balaban J connectivity index is 2.05. The standard InChI is InChI=1S/C21H25NO5/c1-5-26-14-8-6-13(7-9-14)15-10-18-16(11-17(15)25-4)19(22-20(23)24)21(2,3)12-27-18/h6-11,19,22H,5,12H2,1-4H3,(H,23,24). The maximum absolute atomic E-state index is 11.3. The summed E-state index contributed by atoms with van der Waals surface area (Å²) in [5.74, 6) is 2.14. The van der Waals surface area contributed by atoms with E-state index in [-0.39, 0.29) is 11.5 Å². The summed E-state index contributed by atoms with van der Waals surface area (Å²) in [4.78, 5) is 11.3. The molecule has 3 rings (SSSR count). The molecule has 0 aromatic heterocycles. The molecule has 1 aliphatic heterocycles. The molecule has 0 bridgehead atoms. The van der Waals surface area contributed by atoms with Gasteiger partial charge in [-0.3, -0.25) is 0 Å². The fourth-order valence-electron chi connectivity index (χ4n) is 3.38. The molecule has 144 valence electrons. The van der Waals surface area contributed by atoms with E-state index < -0.39 is 6.09 Å². The van der Waals surface area contributed by atoms with Crippen LogP contribution in [0.3, 0.4) is 0 Å². The van der Waals surface area contributed by atoms with E-state index in [9.17, 15) is 9.90 Å². The Morgan fingerprint density at radius 1 is 1.30 bits per heavy atom. The minimum Gasteiger partial charge on any atom is -0.496 e. The van der Waals surface area contributed by atoms with Crippen LogP contribution in [-0.2, 0) is 0 Å². The van der Waals surface area contributed by atoms with E-state index in [4.69, 9.17) is 14.2 Å². The van der Waals surface area contributed by atoms with Gasteiger partial charge < -0.3 is 24.6 Å². The zero-order valence-corrected chi connectivity index (χ0v) is 16.0. The van der Waals surface area contributed by atoms with Crippen molar-refractivity contribution in [3.05, 3.63) is 42.0 Å². The first-order valence-electron chi connectivity index (χ1n) is 8.93. The lowest BCUT2D eigenvalue weighted by atomic mass is 9.78. The maximum Gasteiger partial charge on any atom is 0.405 e. The van der Waals surface area contributed by atoms with Crippen LogP contribution in [0.15, 0.2) is 36.4 Å². The van der Waals surface area contributed by atoms with Gasteiger partial charge in [-0.15, -0.1) is 0 Å². The number of hydrogen-bond donors (Lipinski definition) is 2. The van der Waals surface area contributed by atoms with Crippen molar-refractivity contribution in [2.45, 2.75) is 26.8 Å². The van der Waals surface area contributed by atoms with E-state index in [1.165, 1.54) is 0 Å². The second-order valence-corrected chi connectivity index (χ2v) is 7.21. The molecule has 6 nitrogen and oxygen atoms in total. The van der Waals surface area contributed by atoms with E-state index in [1.807, 2.05) is 57.2 Å². The number of methoxy groups -OCH3 is 1. The second kappa shape index (κ2) is 7.39. The highest BCUT2D eigenvalue weighted by Gasteiger charge is 2.39. The highest BCUT2D eigenvalue weighted by Crippen LogP contribution is 2.47. The van der Waals surface area contributed by atoms with E-state index in [2.05, 4.69) is 5.32 Å². The number of rotatable bonds is 5. The number of benzene rings is 2. The first-order chi connectivity index (χ1) is 12.9. The van der Waals surface area contributed by atoms with Crippen molar-refractivity contribution in [1.29, 1.82) is 0 Å². The Bertz CT molecular complexity index is 829. The Labute approximate surface area is 159 Å². The summed E-state index contributed by atoms with van der Waals surface area (Å²) in [5, 5.41) is 11.9. The third-order valence-electron chi connectivity index (χ3n) is 4.77. The van der Waals surface area contributed by atoms with Crippen molar-refractivity contribution in [1.82, 2.24) is 5.32 Å². The van der Waals surface area contributed by atoms with Crippen LogP contribution in [0.1, 0.15) is 32.4 Å². The quantitative estimate of drug-likeness (QED) is 0.810. The molecule has 1 unspecified atom stereocenters. The monoisotopic (exact) mass is 371 g/mol. The summed E-state index contributed by atoms with van der Waals surface area (Å²) < 4.78 is 17.1. The van der Waals surface area contributed by atoms with Gasteiger partial charge in [0.1, 0.15) is 17.2 Å². The molecule has 1 atom stereocenters. The fourth-order valence-corrected chi connectivity index (χ4v) is 3.38. The lowest BCUT2D eigenvalue weighted by Crippen LogP contribution is -2.43. The lowest BCUT2D eigenvalue weighted by molar-refractivity contribution is 0.0993. The van der Waals surface area contributed by atoms with Gasteiger partial charge in [-0.2, -0.15) is 0 Å². The molecular weight excluding hydrogens is 346 g/mol. The van der Waals surface area contributed by atoms with Crippen molar-refractivity contribution in [3.63, 3.8) is 0 Å². The normalized spacial score (nSPS) is 17.4. The van der Waals surface area contributed by atoms with Crippen LogP contribution in [-0.4, -0.2) is 31.5 Å². The van der Waals surface area contributed by atoms with Gasteiger partial charge in [0.2, 0.25) is 0 Å². The van der Waals surface area contributed by atoms with Gasteiger partial charge in [0, 0.05) is 16.5 Å². The summed E-state index contributed by atoms with van der Waals surface area (Å²) >= 11 is 0. The molecule has 0 saturated carbocycles. The molecule has 1 amide bonds. The molecule has 1 heterocycles. The highest BCUT2D eigenvalue weighted by atomic mass is 16.5. The number of fused-ring (bicyclic) bond motifs is 1. The summed E-state index contributed by atoms with van der Waals surface area (Å²) in [6.07, 6.45) is -1.06. The predicted molar refractivity (Wildman–Crippen MR) is 103 cm³/mol. The molecule has 2 aromatic rings. The van der Waals surface area contributed by atoms with Crippen LogP contribution < -0.4 is 19.5 Å². The third-order valence-corrected chi connectivity index (χ3v) is 4.77. The van der Waals surface area contributed by atoms with Crippen LogP contribution in [0.2, 0.25) is 0 Å². The number of nitrogens with one attached hydrogen (secondary N) is 1. The number of ether oxygens (including phenoxy) is 3. The largest absolute Gasteiger partial charge is 0.496 e. The molecule has 0 aliphatic carbocycles. The molecule has 0 spiro atoms. The van der Waals surface area contributed by atoms with Gasteiger partial charge >= 0.3 is 6.09 Å². The van der Waals surface area contributed by atoms with Crippen molar-refractivity contribution in [2.75, 3.05) is 20.3 Å². The van der Waals surface area contributed by atoms with Gasteiger partial charge in [0.25, 0.3) is 0 Å². The summed E-state index contributed by atoms with van der Waals surface area (Å²) in [6, 6.07) is 11.1. The SMILES string of the molecule is CCOc1ccc(-c2cc3c(cc2OC)C(NC(=O)O)C(C)(C)CO3)cc1. The Hall–Kier alpha value is -2.89. The zero-order chi connectivity index (χ0) is 19.6. The molecule has 27 heavy (non-hydrogen) atoms. The Morgan fingerprint density at radius 3 is 2.59 bits per heavy atom. The highest BCUT2D eigenvalue weighted by molar-refractivity contribution is 5.74. The third kappa shape index (κ3) is 3.79. The van der Waals surface area contributed by atoms with Crippen LogP contribution in [0, 0.1) is 5.41 Å². The average molecular weight is 371 g/mol. The lowest BCUT2D eigenvalue weighted by Gasteiger charge is -2.39. The van der Waals surface area contributed by atoms with Gasteiger partial charge in [0.15, 0.2) is 0 Å². The molecule has 1 aliphatic rings. The Morgan fingerprint density at radius 2 is 2.00 bits per heavy atom. The van der Waals surface area contributed by atoms with E-state index in [0.717, 1.165) is 22.4 Å². The number of amides is 1. The molecule has 0 fully saturated rings. The van der Waals surface area contributed by atoms with Crippen LogP contribution >= 0.6 is 0 Å². The predicted octanol–water partition coefficient (Wildman–Crippen LogP) is 4.49. The molecule has 0 radical (unpaired) electrons. The molecule has 6 heteroatoms. The summed E-state index contributed by atoms with van der Waals surface area (Å²) in [7, 11) is 1.61. The Kier molecular flexibility index (Phi) is 5.17. The van der Waals surface area contributed by atoms with Crippen LogP contribution in [0.4, 0.5) is 4.79 Å². The fraction of sp³-hybridized carbons (Fsp3) is 0.381. The van der Waals surface area contributed by atoms with Crippen molar-refractivity contribution in [3.8, 4) is 28.4 Å². The molecule has 0 saturated heterocycles. The van der Waals surface area contributed by atoms with E-state index >= 15 is 0 Å². The average Bonchev–Trinajstić information content (AvgIpc) is 2.64. The number of carbonyl (C=O) groups is 1. The summed E-state index contributed by atoms with van der Waals surface area (Å²) in [5.41, 5.74) is 2.25. The number of carboxylic acid groups (broad SMARTS) is 1. The van der Waals surface area contributed by atoms with Gasteiger partial charge in [-0.05, 0) is 36.8 Å². The van der Waals surface area contributed by atoms with Crippen molar-refractivity contribution in [2.24, 2.45) is 5.41 Å². The molecule has 2 aromatic carbocycles.